The molecule has 0 spiro atoms. The second-order valence-corrected chi connectivity index (χ2v) is 8.95. The van der Waals surface area contributed by atoms with Gasteiger partial charge < -0.3 is 9.47 Å². The molecule has 3 rings (SSSR count). The van der Waals surface area contributed by atoms with Crippen LogP contribution in [0.5, 0.6) is 11.5 Å². The molecule has 0 radical (unpaired) electrons. The van der Waals surface area contributed by atoms with Gasteiger partial charge in [0.2, 0.25) is 0 Å². The zero-order valence-electron chi connectivity index (χ0n) is 19.2. The van der Waals surface area contributed by atoms with Crippen LogP contribution in [0.4, 0.5) is 11.4 Å². The third-order valence-electron chi connectivity index (χ3n) is 4.83. The highest BCUT2D eigenvalue weighted by Crippen LogP contribution is 2.27. The molecule has 0 N–H and O–H groups in total. The predicted molar refractivity (Wildman–Crippen MR) is 128 cm³/mol. The SMILES string of the molecule is Cc1ccc(S(=O)(=O)ON(CCOc2ccccc2[N+](=O)[O-])CCOc2ccccc2[N+](=O)[O-])cc1. The molecule has 0 aliphatic carbocycles. The van der Waals surface area contributed by atoms with Gasteiger partial charge in [0.15, 0.2) is 11.5 Å². The minimum atomic E-state index is -4.21. The largest absolute Gasteiger partial charge is 0.485 e. The maximum Gasteiger partial charge on any atom is 0.313 e. The van der Waals surface area contributed by atoms with Crippen molar-refractivity contribution in [3.63, 3.8) is 0 Å². The molecular formula is C23H23N3O9S. The number of hydrogen-bond donors (Lipinski definition) is 0. The van der Waals surface area contributed by atoms with Crippen LogP contribution >= 0.6 is 0 Å². The highest BCUT2D eigenvalue weighted by Gasteiger charge is 2.22. The quantitative estimate of drug-likeness (QED) is 0.241. The Labute approximate surface area is 207 Å². The maximum atomic E-state index is 12.8. The summed E-state index contributed by atoms with van der Waals surface area (Å²) in [5.74, 6) is 0.0278. The van der Waals surface area contributed by atoms with Crippen molar-refractivity contribution < 1.29 is 32.0 Å². The molecule has 3 aromatic rings. The molecule has 13 heteroatoms. The van der Waals surface area contributed by atoms with Crippen LogP contribution in [-0.4, -0.2) is 49.6 Å². The van der Waals surface area contributed by atoms with Crippen LogP contribution < -0.4 is 9.47 Å². The first-order chi connectivity index (χ1) is 17.2. The number of benzene rings is 3. The number of rotatable bonds is 13. The number of hydroxylamine groups is 2. The zero-order chi connectivity index (χ0) is 26.1. The van der Waals surface area contributed by atoms with Crippen molar-refractivity contribution in [1.29, 1.82) is 0 Å². The van der Waals surface area contributed by atoms with E-state index >= 15 is 0 Å². The average molecular weight is 518 g/mol. The first-order valence-corrected chi connectivity index (χ1v) is 12.1. The Morgan fingerprint density at radius 3 is 1.64 bits per heavy atom. The lowest BCUT2D eigenvalue weighted by Gasteiger charge is -2.21. The fourth-order valence-electron chi connectivity index (χ4n) is 3.05. The third-order valence-corrected chi connectivity index (χ3v) is 6.09. The van der Waals surface area contributed by atoms with Crippen LogP contribution in [0.1, 0.15) is 5.56 Å². The Balaban J connectivity index is 1.71. The van der Waals surface area contributed by atoms with Crippen molar-refractivity contribution in [2.45, 2.75) is 11.8 Å². The minimum Gasteiger partial charge on any atom is -0.485 e. The monoisotopic (exact) mass is 517 g/mol. The van der Waals surface area contributed by atoms with E-state index in [2.05, 4.69) is 0 Å². The van der Waals surface area contributed by atoms with E-state index in [0.717, 1.165) is 10.6 Å². The lowest BCUT2D eigenvalue weighted by Crippen LogP contribution is -2.34. The Morgan fingerprint density at radius 1 is 0.750 bits per heavy atom. The number of ether oxygens (including phenoxy) is 2. The second kappa shape index (κ2) is 12.1. The molecule has 0 saturated carbocycles. The van der Waals surface area contributed by atoms with E-state index in [9.17, 15) is 28.6 Å². The van der Waals surface area contributed by atoms with Gasteiger partial charge >= 0.3 is 21.5 Å². The summed E-state index contributed by atoms with van der Waals surface area (Å²) in [5, 5.41) is 23.4. The molecule has 0 bridgehead atoms. The van der Waals surface area contributed by atoms with Crippen molar-refractivity contribution in [3.05, 3.63) is 98.6 Å². The van der Waals surface area contributed by atoms with Gasteiger partial charge in [0.25, 0.3) is 0 Å². The highest BCUT2D eigenvalue weighted by atomic mass is 32.2. The van der Waals surface area contributed by atoms with E-state index in [0.29, 0.717) is 0 Å². The predicted octanol–water partition coefficient (Wildman–Crippen LogP) is 3.89. The maximum absolute atomic E-state index is 12.8. The Morgan fingerprint density at radius 2 is 1.19 bits per heavy atom. The van der Waals surface area contributed by atoms with Gasteiger partial charge in [0.1, 0.15) is 13.2 Å². The highest BCUT2D eigenvalue weighted by molar-refractivity contribution is 7.86. The molecule has 0 heterocycles. The summed E-state index contributed by atoms with van der Waals surface area (Å²) in [6.07, 6.45) is 0. The molecule has 0 aliphatic heterocycles. The van der Waals surface area contributed by atoms with Crippen LogP contribution in [0.25, 0.3) is 0 Å². The summed E-state index contributed by atoms with van der Waals surface area (Å²) in [6, 6.07) is 17.6. The molecule has 190 valence electrons. The molecule has 0 atom stereocenters. The molecule has 0 aliphatic rings. The van der Waals surface area contributed by atoms with Crippen molar-refractivity contribution in [3.8, 4) is 11.5 Å². The summed E-state index contributed by atoms with van der Waals surface area (Å²) >= 11 is 0. The smallest absolute Gasteiger partial charge is 0.313 e. The molecule has 0 amide bonds. The van der Waals surface area contributed by atoms with Crippen molar-refractivity contribution in [2.24, 2.45) is 0 Å². The summed E-state index contributed by atoms with van der Waals surface area (Å²) in [4.78, 5) is 21.1. The van der Waals surface area contributed by atoms with E-state index in [-0.39, 0.29) is 54.1 Å². The van der Waals surface area contributed by atoms with Crippen LogP contribution in [0.2, 0.25) is 0 Å². The second-order valence-electron chi connectivity index (χ2n) is 7.42. The topological polar surface area (TPSA) is 151 Å². The zero-order valence-corrected chi connectivity index (χ0v) is 20.0. The van der Waals surface area contributed by atoms with Gasteiger partial charge in [-0.25, -0.2) is 0 Å². The molecule has 0 fully saturated rings. The van der Waals surface area contributed by atoms with Crippen molar-refractivity contribution >= 4 is 21.5 Å². The molecule has 3 aromatic carbocycles. The molecule has 0 unspecified atom stereocenters. The van der Waals surface area contributed by atoms with Crippen LogP contribution in [-0.2, 0) is 14.4 Å². The lowest BCUT2D eigenvalue weighted by molar-refractivity contribution is -0.386. The average Bonchev–Trinajstić information content (AvgIpc) is 2.84. The Kier molecular flexibility index (Phi) is 8.89. The number of nitrogens with zero attached hydrogens (tertiary/aromatic N) is 3. The fraction of sp³-hybridized carbons (Fsp3) is 0.217. The van der Waals surface area contributed by atoms with E-state index in [1.165, 1.54) is 48.5 Å². The molecule has 0 aromatic heterocycles. The van der Waals surface area contributed by atoms with Crippen LogP contribution in [0.3, 0.4) is 0 Å². The number of nitro benzene ring substituents is 2. The van der Waals surface area contributed by atoms with Gasteiger partial charge in [0, 0.05) is 12.1 Å². The summed E-state index contributed by atoms with van der Waals surface area (Å²) in [5.41, 5.74) is 0.385. The summed E-state index contributed by atoms with van der Waals surface area (Å²) in [7, 11) is -4.21. The molecule has 0 saturated heterocycles. The van der Waals surface area contributed by atoms with Crippen LogP contribution in [0.15, 0.2) is 77.7 Å². The van der Waals surface area contributed by atoms with Crippen LogP contribution in [0, 0.1) is 27.2 Å². The van der Waals surface area contributed by atoms with Gasteiger partial charge in [-0.3, -0.25) is 20.2 Å². The lowest BCUT2D eigenvalue weighted by atomic mass is 10.2. The summed E-state index contributed by atoms with van der Waals surface area (Å²) in [6.45, 7) is 1.28. The number of hydrogen-bond acceptors (Lipinski definition) is 10. The van der Waals surface area contributed by atoms with Gasteiger partial charge in [-0.15, -0.1) is 0 Å². The molecule has 12 nitrogen and oxygen atoms in total. The van der Waals surface area contributed by atoms with Gasteiger partial charge in [-0.05, 0) is 31.2 Å². The molecule has 36 heavy (non-hydrogen) atoms. The van der Waals surface area contributed by atoms with E-state index in [1.54, 1.807) is 24.3 Å². The molecular weight excluding hydrogens is 494 g/mol. The van der Waals surface area contributed by atoms with E-state index in [4.69, 9.17) is 13.8 Å². The number of nitro groups is 2. The van der Waals surface area contributed by atoms with Gasteiger partial charge in [-0.1, -0.05) is 42.0 Å². The number of para-hydroxylation sites is 4. The van der Waals surface area contributed by atoms with E-state index in [1.807, 2.05) is 6.92 Å². The van der Waals surface area contributed by atoms with Gasteiger partial charge in [0.05, 0.1) is 27.8 Å². The third kappa shape index (κ3) is 7.21. The van der Waals surface area contributed by atoms with Gasteiger partial charge in [-0.2, -0.15) is 17.8 Å². The Bertz CT molecular complexity index is 1250. The number of aryl methyl sites for hydroxylation is 1. The van der Waals surface area contributed by atoms with Crippen molar-refractivity contribution in [1.82, 2.24) is 5.06 Å². The van der Waals surface area contributed by atoms with Crippen molar-refractivity contribution in [2.75, 3.05) is 26.3 Å². The normalized spacial score (nSPS) is 11.3. The first kappa shape index (κ1) is 26.5. The minimum absolute atomic E-state index is 0.0139. The first-order valence-electron chi connectivity index (χ1n) is 10.7. The fourth-order valence-corrected chi connectivity index (χ4v) is 4.03. The standard InChI is InChI=1S/C23H23N3O9S/c1-18-10-12-19(13-11-18)36(31,32)35-24(14-16-33-22-8-4-2-6-20(22)25(27)28)15-17-34-23-9-5-3-7-21(23)26(29)30/h2-13H,14-17H2,1H3. The van der Waals surface area contributed by atoms with E-state index < -0.39 is 20.0 Å². The summed E-state index contributed by atoms with van der Waals surface area (Å²) < 4.78 is 41.8. The Hall–Kier alpha value is -4.07.